The van der Waals surface area contributed by atoms with Crippen LogP contribution in [0.3, 0.4) is 0 Å². The number of ether oxygens (including phenoxy) is 6. The molecule has 1 aromatic rings. The molecule has 3 N–H and O–H groups in total. The zero-order valence-electron chi connectivity index (χ0n) is 27.7. The fourth-order valence-corrected chi connectivity index (χ4v) is 6.65. The Morgan fingerprint density at radius 3 is 2.70 bits per heavy atom. The highest BCUT2D eigenvalue weighted by Gasteiger charge is 2.63. The summed E-state index contributed by atoms with van der Waals surface area (Å²) in [6, 6.07) is 3.64. The van der Waals surface area contributed by atoms with Crippen molar-refractivity contribution in [1.29, 1.82) is 0 Å². The monoisotopic (exact) mass is 698 g/mol. The molecule has 2 fully saturated rings. The van der Waals surface area contributed by atoms with Gasteiger partial charge in [0.1, 0.15) is 34.7 Å². The van der Waals surface area contributed by atoms with E-state index in [1.807, 2.05) is 32.1 Å². The molecule has 47 heavy (non-hydrogen) atoms. The van der Waals surface area contributed by atoms with E-state index in [1.54, 1.807) is 26.1 Å². The van der Waals surface area contributed by atoms with Crippen LogP contribution in [-0.2, 0) is 34.9 Å². The molecule has 12 nitrogen and oxygen atoms in total. The number of rotatable bonds is 9. The molecule has 14 heteroatoms. The number of benzene rings is 1. The number of nitrogens with zero attached hydrogens (tertiary/aromatic N) is 1. The van der Waals surface area contributed by atoms with Gasteiger partial charge in [-0.05, 0) is 50.1 Å². The number of halogens is 1. The van der Waals surface area contributed by atoms with Crippen molar-refractivity contribution in [3.05, 3.63) is 46.5 Å². The summed E-state index contributed by atoms with van der Waals surface area (Å²) in [7, 11) is 4.57. The summed E-state index contributed by atoms with van der Waals surface area (Å²) in [5.74, 6) is 0.252. The quantitative estimate of drug-likeness (QED) is 0.130. The van der Waals surface area contributed by atoms with Crippen LogP contribution in [0.25, 0.3) is 0 Å². The summed E-state index contributed by atoms with van der Waals surface area (Å²) in [4.78, 5) is 28.1. The highest BCUT2D eigenvalue weighted by atomic mass is 35.5. The fourth-order valence-electron chi connectivity index (χ4n) is 6.21. The number of methoxy groups -OCH3 is 2. The van der Waals surface area contributed by atoms with Crippen LogP contribution < -0.4 is 15.0 Å². The van der Waals surface area contributed by atoms with Crippen molar-refractivity contribution in [1.82, 2.24) is 5.32 Å². The van der Waals surface area contributed by atoms with Crippen molar-refractivity contribution in [3.8, 4) is 5.75 Å². The maximum atomic E-state index is 13.9. The third kappa shape index (κ3) is 8.82. The lowest BCUT2D eigenvalue weighted by Crippen LogP contribution is -2.63. The van der Waals surface area contributed by atoms with Crippen LogP contribution in [0.5, 0.6) is 5.75 Å². The van der Waals surface area contributed by atoms with Crippen LogP contribution in [0.4, 0.5) is 10.5 Å². The second kappa shape index (κ2) is 15.9. The number of aliphatic hydroxyl groups excluding tert-OH is 1. The van der Waals surface area contributed by atoms with Gasteiger partial charge >= 0.3 is 6.09 Å². The third-order valence-corrected chi connectivity index (χ3v) is 9.68. The fraction of sp³-hybridized carbons (Fsp3) is 0.636. The normalized spacial score (nSPS) is 34.0. The molecular formula is C33H47ClN2O10S. The lowest BCUT2D eigenvalue weighted by atomic mass is 9.83. The maximum absolute atomic E-state index is 13.9. The molecule has 3 aliphatic rings. The molecule has 262 valence electrons. The molecule has 0 spiro atoms. The average molecular weight is 699 g/mol. The SMILES string of the molecule is COc1cc2cc(c1Cl)N(C)C(=O)C[C@H](OC(O)COCCCS)[C@]1(C)O[C@H]1[C@H](C)[C@@H]1C[C@@](O)(NC(=O)O1)[C@H](OC)/C=C/C=C(\C)C2. The number of epoxide rings is 1. The zero-order valence-corrected chi connectivity index (χ0v) is 29.4. The summed E-state index contributed by atoms with van der Waals surface area (Å²) in [5, 5.41) is 25.2. The molecule has 4 bridgehead atoms. The second-order valence-corrected chi connectivity index (χ2v) is 13.4. The van der Waals surface area contributed by atoms with E-state index in [4.69, 9.17) is 40.0 Å². The Morgan fingerprint density at radius 2 is 2.02 bits per heavy atom. The van der Waals surface area contributed by atoms with Crippen molar-refractivity contribution in [2.24, 2.45) is 5.92 Å². The topological polar surface area (TPSA) is 149 Å². The molecule has 0 aromatic heterocycles. The molecule has 3 heterocycles. The summed E-state index contributed by atoms with van der Waals surface area (Å²) < 4.78 is 34.6. The number of carbonyl (C=O) groups excluding carboxylic acids is 2. The van der Waals surface area contributed by atoms with Gasteiger partial charge in [0.25, 0.3) is 0 Å². The van der Waals surface area contributed by atoms with Crippen molar-refractivity contribution in [3.63, 3.8) is 0 Å². The van der Waals surface area contributed by atoms with Crippen molar-refractivity contribution in [2.45, 2.75) is 88.5 Å². The second-order valence-electron chi connectivity index (χ2n) is 12.5. The molecule has 1 aromatic carbocycles. The first-order valence-corrected chi connectivity index (χ1v) is 16.7. The van der Waals surface area contributed by atoms with Gasteiger partial charge in [0.2, 0.25) is 5.91 Å². The van der Waals surface area contributed by atoms with Crippen LogP contribution in [0.15, 0.2) is 35.9 Å². The number of anilines is 1. The van der Waals surface area contributed by atoms with E-state index in [-0.39, 0.29) is 30.4 Å². The molecule has 0 radical (unpaired) electrons. The molecule has 2 saturated heterocycles. The molecule has 4 rings (SSSR count). The number of hydrogen-bond acceptors (Lipinski definition) is 11. The van der Waals surface area contributed by atoms with Crippen LogP contribution in [0.2, 0.25) is 5.02 Å². The number of hydrogen-bond donors (Lipinski definition) is 4. The van der Waals surface area contributed by atoms with Crippen molar-refractivity contribution < 1.29 is 48.2 Å². The van der Waals surface area contributed by atoms with Gasteiger partial charge in [-0.1, -0.05) is 42.3 Å². The van der Waals surface area contributed by atoms with E-state index in [0.717, 1.165) is 11.1 Å². The summed E-state index contributed by atoms with van der Waals surface area (Å²) in [6.45, 7) is 5.83. The Balaban J connectivity index is 1.74. The maximum Gasteiger partial charge on any atom is 0.409 e. The van der Waals surface area contributed by atoms with Crippen LogP contribution >= 0.6 is 24.2 Å². The highest BCUT2D eigenvalue weighted by molar-refractivity contribution is 7.80. The number of fused-ring (bicyclic) bond motifs is 5. The van der Waals surface area contributed by atoms with Gasteiger partial charge in [-0.25, -0.2) is 4.79 Å². The van der Waals surface area contributed by atoms with E-state index < -0.39 is 54.0 Å². The van der Waals surface area contributed by atoms with Gasteiger partial charge < -0.3 is 43.5 Å². The molecule has 3 aliphatic heterocycles. The zero-order chi connectivity index (χ0) is 34.5. The Bertz CT molecular complexity index is 1350. The van der Waals surface area contributed by atoms with E-state index >= 15 is 0 Å². The number of aliphatic hydroxyl groups is 2. The van der Waals surface area contributed by atoms with Gasteiger partial charge in [-0.2, -0.15) is 12.6 Å². The largest absolute Gasteiger partial charge is 0.495 e. The standard InChI is InChI=1S/C33H47ClN2O10S/c1-19-9-7-10-25(42-6)33(40)17-24(44-31(39)35-33)20(2)30-32(3,46-30)26(45-28(38)18-43-11-8-12-47)16-27(37)36(4)22-14-21(13-19)15-23(41-5)29(22)34/h7,9-10,14-15,20,24-26,28,30,38,40,47H,8,11-13,16-18H2,1-6H3,(H,35,39)/b10-7+,19-9+/t20-,24+,25-,26+,28?,30+,32+,33+/m1/s1. The smallest absolute Gasteiger partial charge is 0.409 e. The minimum absolute atomic E-state index is 0.000316. The van der Waals surface area contributed by atoms with Crippen molar-refractivity contribution >= 4 is 41.9 Å². The number of carbonyl (C=O) groups is 2. The molecule has 0 saturated carbocycles. The van der Waals surface area contributed by atoms with E-state index in [0.29, 0.717) is 36.6 Å². The molecule has 0 aliphatic carbocycles. The van der Waals surface area contributed by atoms with Gasteiger partial charge in [0, 0.05) is 33.1 Å². The molecule has 1 unspecified atom stereocenters. The van der Waals surface area contributed by atoms with Crippen LogP contribution in [-0.4, -0.2) is 104 Å². The first-order valence-electron chi connectivity index (χ1n) is 15.7. The summed E-state index contributed by atoms with van der Waals surface area (Å²) in [5.41, 5.74) is -0.594. The number of alkyl carbamates (subject to hydrolysis) is 1. The minimum atomic E-state index is -1.77. The van der Waals surface area contributed by atoms with Gasteiger partial charge in [-0.3, -0.25) is 10.1 Å². The lowest BCUT2D eigenvalue weighted by molar-refractivity contribution is -0.182. The number of nitrogens with one attached hydrogen (secondary N) is 1. The van der Waals surface area contributed by atoms with E-state index in [9.17, 15) is 19.8 Å². The third-order valence-electron chi connectivity index (χ3n) is 8.98. The Hall–Kier alpha value is -2.36. The lowest BCUT2D eigenvalue weighted by Gasteiger charge is -2.42. The summed E-state index contributed by atoms with van der Waals surface area (Å²) >= 11 is 10.9. The van der Waals surface area contributed by atoms with Crippen LogP contribution in [0, 0.1) is 5.92 Å². The molecule has 8 atom stereocenters. The first kappa shape index (κ1) is 37.5. The number of thiol groups is 1. The Kier molecular flexibility index (Phi) is 12.7. The Morgan fingerprint density at radius 1 is 1.28 bits per heavy atom. The van der Waals surface area contributed by atoms with Crippen LogP contribution in [0.1, 0.15) is 45.6 Å². The predicted molar refractivity (Wildman–Crippen MR) is 179 cm³/mol. The number of allylic oxidation sites excluding steroid dienone is 3. The van der Waals surface area contributed by atoms with E-state index in [2.05, 4.69) is 17.9 Å². The van der Waals surface area contributed by atoms with Gasteiger partial charge in [0.15, 0.2) is 12.0 Å². The summed E-state index contributed by atoms with van der Waals surface area (Å²) in [6.07, 6.45) is 1.01. The molecule has 2 amide bonds. The molecular weight excluding hydrogens is 652 g/mol. The van der Waals surface area contributed by atoms with E-state index in [1.165, 1.54) is 19.1 Å². The average Bonchev–Trinajstić information content (AvgIpc) is 3.72. The highest BCUT2D eigenvalue weighted by Crippen LogP contribution is 2.49. The Labute approximate surface area is 286 Å². The van der Waals surface area contributed by atoms with Gasteiger partial charge in [-0.15, -0.1) is 0 Å². The predicted octanol–water partition coefficient (Wildman–Crippen LogP) is 3.80. The first-order chi connectivity index (χ1) is 22.3. The van der Waals surface area contributed by atoms with Gasteiger partial charge in [0.05, 0.1) is 31.9 Å². The van der Waals surface area contributed by atoms with Crippen molar-refractivity contribution in [2.75, 3.05) is 45.1 Å². The number of amides is 2. The minimum Gasteiger partial charge on any atom is -0.495 e.